The van der Waals surface area contributed by atoms with Gasteiger partial charge in [0.05, 0.1) is 0 Å². The first-order chi connectivity index (χ1) is 9.21. The fourth-order valence-electron chi connectivity index (χ4n) is 2.29. The number of carbonyl (C=O) groups excluding carboxylic acids is 1. The Hall–Kier alpha value is -0.810. The van der Waals surface area contributed by atoms with Crippen molar-refractivity contribution in [1.82, 2.24) is 10.6 Å². The number of nitrogens with one attached hydrogen (secondary N) is 2. The highest BCUT2D eigenvalue weighted by Crippen LogP contribution is 2.21. The highest BCUT2D eigenvalue weighted by Gasteiger charge is 2.31. The van der Waals surface area contributed by atoms with Gasteiger partial charge in [-0.1, -0.05) is 13.8 Å². The van der Waals surface area contributed by atoms with Crippen molar-refractivity contribution in [3.63, 3.8) is 0 Å². The maximum atomic E-state index is 11.6. The van der Waals surface area contributed by atoms with Gasteiger partial charge in [0.25, 0.3) is 0 Å². The summed E-state index contributed by atoms with van der Waals surface area (Å²) in [5, 5.41) is 6.43. The lowest BCUT2D eigenvalue weighted by atomic mass is 9.86. The van der Waals surface area contributed by atoms with Gasteiger partial charge < -0.3 is 21.1 Å². The predicted molar refractivity (Wildman–Crippen MR) is 81.6 cm³/mol. The molecule has 5 heteroatoms. The maximum absolute atomic E-state index is 11.6. The second-order valence-electron chi connectivity index (χ2n) is 7.16. The lowest BCUT2D eigenvalue weighted by Gasteiger charge is -2.37. The minimum Gasteiger partial charge on any atom is -0.444 e. The van der Waals surface area contributed by atoms with Crippen LogP contribution in [0.4, 0.5) is 4.79 Å². The van der Waals surface area contributed by atoms with Crippen LogP contribution in [-0.2, 0) is 4.74 Å². The van der Waals surface area contributed by atoms with E-state index in [1.165, 1.54) is 0 Å². The lowest BCUT2D eigenvalue weighted by Crippen LogP contribution is -2.54. The molecule has 20 heavy (non-hydrogen) atoms. The zero-order valence-corrected chi connectivity index (χ0v) is 13.5. The third-order valence-corrected chi connectivity index (χ3v) is 3.77. The van der Waals surface area contributed by atoms with Crippen molar-refractivity contribution in [1.29, 1.82) is 0 Å². The minimum absolute atomic E-state index is 0.234. The second-order valence-corrected chi connectivity index (χ2v) is 7.16. The predicted octanol–water partition coefficient (Wildman–Crippen LogP) is 1.86. The lowest BCUT2D eigenvalue weighted by molar-refractivity contribution is 0.0464. The van der Waals surface area contributed by atoms with Crippen molar-refractivity contribution >= 4 is 6.09 Å². The van der Waals surface area contributed by atoms with Crippen LogP contribution in [0.2, 0.25) is 0 Å². The third kappa shape index (κ3) is 6.09. The van der Waals surface area contributed by atoms with Crippen molar-refractivity contribution in [3.8, 4) is 0 Å². The molecule has 1 amide bonds. The van der Waals surface area contributed by atoms with E-state index in [0.29, 0.717) is 17.9 Å². The Labute approximate surface area is 123 Å². The number of carbonyl (C=O) groups is 1. The molecule has 1 aliphatic rings. The van der Waals surface area contributed by atoms with Crippen LogP contribution < -0.4 is 16.4 Å². The molecule has 1 fully saturated rings. The van der Waals surface area contributed by atoms with Gasteiger partial charge in [-0.2, -0.15) is 0 Å². The van der Waals surface area contributed by atoms with Gasteiger partial charge in [0.2, 0.25) is 0 Å². The van der Waals surface area contributed by atoms with Crippen LogP contribution in [0.25, 0.3) is 0 Å². The Morgan fingerprint density at radius 1 is 1.30 bits per heavy atom. The van der Waals surface area contributed by atoms with Crippen molar-refractivity contribution in [2.75, 3.05) is 13.1 Å². The molecule has 0 radical (unpaired) electrons. The van der Waals surface area contributed by atoms with E-state index in [1.807, 2.05) is 20.8 Å². The molecule has 0 spiro atoms. The summed E-state index contributed by atoms with van der Waals surface area (Å²) in [7, 11) is 0. The molecular formula is C15H31N3O2. The van der Waals surface area contributed by atoms with Crippen LogP contribution in [0.1, 0.15) is 47.5 Å². The summed E-state index contributed by atoms with van der Waals surface area (Å²) in [5.74, 6) is 1.12. The van der Waals surface area contributed by atoms with Gasteiger partial charge in [-0.25, -0.2) is 4.79 Å². The van der Waals surface area contributed by atoms with Crippen molar-refractivity contribution in [3.05, 3.63) is 0 Å². The van der Waals surface area contributed by atoms with Gasteiger partial charge in [0.1, 0.15) is 5.60 Å². The molecule has 4 N–H and O–H groups in total. The molecule has 0 aromatic carbocycles. The summed E-state index contributed by atoms with van der Waals surface area (Å²) in [6.07, 6.45) is 1.62. The van der Waals surface area contributed by atoms with Gasteiger partial charge in [0.15, 0.2) is 0 Å². The van der Waals surface area contributed by atoms with Gasteiger partial charge in [-0.05, 0) is 58.5 Å². The van der Waals surface area contributed by atoms with E-state index in [9.17, 15) is 4.79 Å². The smallest absolute Gasteiger partial charge is 0.407 e. The SMILES string of the molecule is CC(C)C(CN)CNC1CC(NC(=O)OC(C)(C)C)C1. The van der Waals surface area contributed by atoms with E-state index >= 15 is 0 Å². The van der Waals surface area contributed by atoms with Gasteiger partial charge in [-0.3, -0.25) is 0 Å². The van der Waals surface area contributed by atoms with Crippen LogP contribution in [-0.4, -0.2) is 36.9 Å². The fraction of sp³-hybridized carbons (Fsp3) is 0.933. The van der Waals surface area contributed by atoms with E-state index in [4.69, 9.17) is 10.5 Å². The normalized spacial score (nSPS) is 24.1. The first-order valence-corrected chi connectivity index (χ1v) is 7.64. The van der Waals surface area contributed by atoms with Crippen molar-refractivity contribution < 1.29 is 9.53 Å². The Morgan fingerprint density at radius 2 is 1.90 bits per heavy atom. The summed E-state index contributed by atoms with van der Waals surface area (Å²) in [6, 6.07) is 0.723. The summed E-state index contributed by atoms with van der Waals surface area (Å²) >= 11 is 0. The third-order valence-electron chi connectivity index (χ3n) is 3.77. The molecule has 1 saturated carbocycles. The average Bonchev–Trinajstić information content (AvgIpc) is 2.22. The molecule has 1 aliphatic carbocycles. The van der Waals surface area contributed by atoms with Crippen LogP contribution in [0, 0.1) is 11.8 Å². The maximum Gasteiger partial charge on any atom is 0.407 e. The first kappa shape index (κ1) is 17.2. The number of hydrogen-bond donors (Lipinski definition) is 3. The van der Waals surface area contributed by atoms with Crippen molar-refractivity contribution in [2.24, 2.45) is 17.6 Å². The molecule has 0 heterocycles. The summed E-state index contributed by atoms with van der Waals surface area (Å²) in [5.41, 5.74) is 5.32. The zero-order valence-electron chi connectivity index (χ0n) is 13.5. The summed E-state index contributed by atoms with van der Waals surface area (Å²) in [6.45, 7) is 11.7. The van der Waals surface area contributed by atoms with Crippen LogP contribution >= 0.6 is 0 Å². The number of amides is 1. The Morgan fingerprint density at radius 3 is 2.35 bits per heavy atom. The van der Waals surface area contributed by atoms with Crippen LogP contribution in [0.15, 0.2) is 0 Å². The second kappa shape index (κ2) is 7.27. The number of alkyl carbamates (subject to hydrolysis) is 1. The van der Waals surface area contributed by atoms with Gasteiger partial charge in [-0.15, -0.1) is 0 Å². The molecule has 0 bridgehead atoms. The van der Waals surface area contributed by atoms with Gasteiger partial charge in [0, 0.05) is 12.1 Å². The molecular weight excluding hydrogens is 254 g/mol. The quantitative estimate of drug-likeness (QED) is 0.696. The molecule has 0 saturated heterocycles. The molecule has 118 valence electrons. The van der Waals surface area contributed by atoms with E-state index in [1.54, 1.807) is 0 Å². The Bertz CT molecular complexity index is 307. The topological polar surface area (TPSA) is 76.4 Å². The highest BCUT2D eigenvalue weighted by atomic mass is 16.6. The Kier molecular flexibility index (Phi) is 6.27. The molecule has 0 aliphatic heterocycles. The molecule has 0 aromatic rings. The monoisotopic (exact) mass is 285 g/mol. The van der Waals surface area contributed by atoms with Gasteiger partial charge >= 0.3 is 6.09 Å². The van der Waals surface area contributed by atoms with E-state index in [2.05, 4.69) is 24.5 Å². The molecule has 1 atom stereocenters. The van der Waals surface area contributed by atoms with Crippen LogP contribution in [0.5, 0.6) is 0 Å². The number of ether oxygens (including phenoxy) is 1. The number of nitrogens with two attached hydrogens (primary N) is 1. The summed E-state index contributed by atoms with van der Waals surface area (Å²) in [4.78, 5) is 11.6. The van der Waals surface area contributed by atoms with Crippen LogP contribution in [0.3, 0.4) is 0 Å². The molecule has 0 aromatic heterocycles. The first-order valence-electron chi connectivity index (χ1n) is 7.64. The number of rotatable bonds is 6. The number of hydrogen-bond acceptors (Lipinski definition) is 4. The largest absolute Gasteiger partial charge is 0.444 e. The minimum atomic E-state index is -0.433. The fourth-order valence-corrected chi connectivity index (χ4v) is 2.29. The Balaban J connectivity index is 2.15. The zero-order chi connectivity index (χ0) is 15.3. The van der Waals surface area contributed by atoms with E-state index in [-0.39, 0.29) is 12.1 Å². The molecule has 5 nitrogen and oxygen atoms in total. The highest BCUT2D eigenvalue weighted by molar-refractivity contribution is 5.68. The van der Waals surface area contributed by atoms with Crippen molar-refractivity contribution in [2.45, 2.75) is 65.1 Å². The molecule has 1 rings (SSSR count). The standard InChI is InChI=1S/C15H31N3O2/c1-10(2)11(8-16)9-17-12-6-13(7-12)18-14(19)20-15(3,4)5/h10-13,17H,6-9,16H2,1-5H3,(H,18,19). The van der Waals surface area contributed by atoms with E-state index < -0.39 is 5.60 Å². The summed E-state index contributed by atoms with van der Waals surface area (Å²) < 4.78 is 5.24. The average molecular weight is 285 g/mol. The molecule has 1 unspecified atom stereocenters. The van der Waals surface area contributed by atoms with E-state index in [0.717, 1.165) is 25.9 Å².